The van der Waals surface area contributed by atoms with E-state index in [9.17, 15) is 14.4 Å². The molecular formula is C25H23N3O6. The lowest BCUT2D eigenvalue weighted by molar-refractivity contribution is -0.119. The minimum atomic E-state index is -0.632. The van der Waals surface area contributed by atoms with Crippen LogP contribution in [0.4, 0.5) is 11.5 Å². The summed E-state index contributed by atoms with van der Waals surface area (Å²) < 4.78 is 16.0. The van der Waals surface area contributed by atoms with Crippen LogP contribution >= 0.6 is 0 Å². The van der Waals surface area contributed by atoms with Gasteiger partial charge >= 0.3 is 5.97 Å². The van der Waals surface area contributed by atoms with Crippen molar-refractivity contribution in [2.75, 3.05) is 36.7 Å². The summed E-state index contributed by atoms with van der Waals surface area (Å²) in [4.78, 5) is 44.4. The van der Waals surface area contributed by atoms with Gasteiger partial charge in [0.2, 0.25) is 6.79 Å². The van der Waals surface area contributed by atoms with Gasteiger partial charge in [0, 0.05) is 30.1 Å². The van der Waals surface area contributed by atoms with Gasteiger partial charge < -0.3 is 24.4 Å². The van der Waals surface area contributed by atoms with Crippen LogP contribution in [-0.4, -0.2) is 49.1 Å². The molecule has 1 aromatic heterocycles. The number of anilines is 2. The van der Waals surface area contributed by atoms with Gasteiger partial charge in [-0.15, -0.1) is 0 Å². The van der Waals surface area contributed by atoms with Crippen molar-refractivity contribution < 1.29 is 28.6 Å². The quantitative estimate of drug-likeness (QED) is 0.439. The Morgan fingerprint density at radius 3 is 2.53 bits per heavy atom. The molecular weight excluding hydrogens is 438 g/mol. The molecule has 0 bridgehead atoms. The van der Waals surface area contributed by atoms with E-state index < -0.39 is 18.5 Å². The molecule has 0 unspecified atom stereocenters. The number of pyridine rings is 1. The molecule has 9 heteroatoms. The molecule has 5 rings (SSSR count). The molecule has 1 saturated heterocycles. The first-order valence-electron chi connectivity index (χ1n) is 11.1. The average molecular weight is 461 g/mol. The lowest BCUT2D eigenvalue weighted by atomic mass is 10.1. The second kappa shape index (κ2) is 9.01. The first-order valence-corrected chi connectivity index (χ1v) is 11.1. The number of benzene rings is 2. The van der Waals surface area contributed by atoms with Crippen LogP contribution in [0.25, 0.3) is 10.9 Å². The minimum absolute atomic E-state index is 0.0425. The fraction of sp³-hybridized carbons (Fsp3) is 0.280. The van der Waals surface area contributed by atoms with Crippen molar-refractivity contribution in [3.05, 3.63) is 53.6 Å². The van der Waals surface area contributed by atoms with E-state index in [4.69, 9.17) is 19.2 Å². The maximum Gasteiger partial charge on any atom is 0.342 e. The number of Topliss-reactive ketones (excluding diaryl/α,β-unsaturated/α-hetero) is 1. The minimum Gasteiger partial charge on any atom is -0.454 e. The third-order valence-corrected chi connectivity index (χ3v) is 5.83. The number of carbonyl (C=O) groups is 3. The van der Waals surface area contributed by atoms with E-state index in [0.29, 0.717) is 22.9 Å². The highest BCUT2D eigenvalue weighted by molar-refractivity contribution is 6.05. The van der Waals surface area contributed by atoms with Crippen molar-refractivity contribution in [2.45, 2.75) is 19.8 Å². The third-order valence-electron chi connectivity index (χ3n) is 5.83. The van der Waals surface area contributed by atoms with Gasteiger partial charge in [-0.2, -0.15) is 0 Å². The summed E-state index contributed by atoms with van der Waals surface area (Å²) >= 11 is 0. The van der Waals surface area contributed by atoms with Crippen molar-refractivity contribution in [3.63, 3.8) is 0 Å². The van der Waals surface area contributed by atoms with Gasteiger partial charge in [0.05, 0.1) is 11.2 Å². The molecule has 34 heavy (non-hydrogen) atoms. The largest absolute Gasteiger partial charge is 0.454 e. The van der Waals surface area contributed by atoms with Gasteiger partial charge in [-0.1, -0.05) is 18.2 Å². The Morgan fingerprint density at radius 2 is 1.76 bits per heavy atom. The lowest BCUT2D eigenvalue weighted by Crippen LogP contribution is -2.25. The number of ketones is 1. The number of ether oxygens (including phenoxy) is 3. The van der Waals surface area contributed by atoms with Crippen molar-refractivity contribution in [1.82, 2.24) is 4.98 Å². The van der Waals surface area contributed by atoms with E-state index in [2.05, 4.69) is 10.2 Å². The molecule has 1 amide bonds. The predicted molar refractivity (Wildman–Crippen MR) is 125 cm³/mol. The Bertz CT molecular complexity index is 1300. The number of nitrogens with one attached hydrogen (secondary N) is 1. The Balaban J connectivity index is 1.33. The Morgan fingerprint density at radius 1 is 1.03 bits per heavy atom. The number of hydrogen-bond acceptors (Lipinski definition) is 8. The summed E-state index contributed by atoms with van der Waals surface area (Å²) in [5, 5.41) is 3.44. The van der Waals surface area contributed by atoms with Gasteiger partial charge in [0.25, 0.3) is 5.91 Å². The Kier molecular flexibility index (Phi) is 5.75. The van der Waals surface area contributed by atoms with Crippen LogP contribution in [0.3, 0.4) is 0 Å². The number of hydrogen-bond donors (Lipinski definition) is 1. The monoisotopic (exact) mass is 461 g/mol. The zero-order chi connectivity index (χ0) is 23.7. The topological polar surface area (TPSA) is 107 Å². The zero-order valence-electron chi connectivity index (χ0n) is 18.6. The number of amides is 1. The number of aromatic nitrogens is 1. The van der Waals surface area contributed by atoms with Crippen LogP contribution in [0.1, 0.15) is 40.5 Å². The van der Waals surface area contributed by atoms with Gasteiger partial charge in [-0.05, 0) is 38.0 Å². The molecule has 2 aliphatic heterocycles. The molecule has 3 aromatic rings. The summed E-state index contributed by atoms with van der Waals surface area (Å²) in [7, 11) is 0. The fourth-order valence-electron chi connectivity index (χ4n) is 4.16. The first-order chi connectivity index (χ1) is 16.5. The molecule has 0 spiro atoms. The molecule has 0 saturated carbocycles. The molecule has 0 atom stereocenters. The number of fused-ring (bicyclic) bond motifs is 2. The number of rotatable bonds is 6. The third kappa shape index (κ3) is 4.24. The molecule has 174 valence electrons. The van der Waals surface area contributed by atoms with Crippen molar-refractivity contribution in [3.8, 4) is 11.5 Å². The summed E-state index contributed by atoms with van der Waals surface area (Å²) in [5.74, 6) is -0.0269. The van der Waals surface area contributed by atoms with Crippen molar-refractivity contribution in [1.29, 1.82) is 0 Å². The van der Waals surface area contributed by atoms with Crippen LogP contribution in [0.5, 0.6) is 11.5 Å². The van der Waals surface area contributed by atoms with Gasteiger partial charge in [0.1, 0.15) is 11.4 Å². The first kappa shape index (κ1) is 21.7. The molecule has 0 aliphatic carbocycles. The molecule has 3 heterocycles. The van der Waals surface area contributed by atoms with E-state index in [1.807, 2.05) is 24.3 Å². The van der Waals surface area contributed by atoms with Crippen LogP contribution < -0.4 is 19.7 Å². The van der Waals surface area contributed by atoms with Crippen LogP contribution in [-0.2, 0) is 9.53 Å². The van der Waals surface area contributed by atoms with Gasteiger partial charge in [-0.25, -0.2) is 9.78 Å². The zero-order valence-corrected chi connectivity index (χ0v) is 18.6. The standard InChI is InChI=1S/C25H23N3O6/c1-15(29)17-11-21-22(34-14-33-21)12-20(17)26-23(30)13-32-25(31)18-10-16-6-2-3-7-19(16)27-24(18)28-8-4-5-9-28/h2-3,6-7,10-12H,4-5,8-9,13-14H2,1H3,(H,26,30). The van der Waals surface area contributed by atoms with Gasteiger partial charge in [-0.3, -0.25) is 9.59 Å². The van der Waals surface area contributed by atoms with E-state index >= 15 is 0 Å². The van der Waals surface area contributed by atoms with Crippen LogP contribution in [0.2, 0.25) is 0 Å². The van der Waals surface area contributed by atoms with E-state index in [0.717, 1.165) is 36.8 Å². The predicted octanol–water partition coefficient (Wildman–Crippen LogP) is 3.56. The highest BCUT2D eigenvalue weighted by Gasteiger charge is 2.24. The summed E-state index contributed by atoms with van der Waals surface area (Å²) in [6.07, 6.45) is 2.05. The maximum atomic E-state index is 13.0. The average Bonchev–Trinajstić information content (AvgIpc) is 3.53. The summed E-state index contributed by atoms with van der Waals surface area (Å²) in [5.41, 5.74) is 1.65. The Labute approximate surface area is 195 Å². The second-order valence-electron chi connectivity index (χ2n) is 8.18. The molecule has 9 nitrogen and oxygen atoms in total. The number of carbonyl (C=O) groups excluding carboxylic acids is 3. The van der Waals surface area contributed by atoms with E-state index in [1.54, 1.807) is 6.07 Å². The fourth-order valence-corrected chi connectivity index (χ4v) is 4.16. The Hall–Kier alpha value is -4.14. The van der Waals surface area contributed by atoms with Crippen LogP contribution in [0.15, 0.2) is 42.5 Å². The molecule has 1 N–H and O–H groups in total. The molecule has 0 radical (unpaired) electrons. The highest BCUT2D eigenvalue weighted by Crippen LogP contribution is 2.37. The number of esters is 1. The molecule has 2 aromatic carbocycles. The summed E-state index contributed by atoms with van der Waals surface area (Å²) in [6, 6.07) is 12.4. The van der Waals surface area contributed by atoms with E-state index in [-0.39, 0.29) is 23.8 Å². The second-order valence-corrected chi connectivity index (χ2v) is 8.18. The molecule has 1 fully saturated rings. The van der Waals surface area contributed by atoms with Gasteiger partial charge in [0.15, 0.2) is 23.9 Å². The van der Waals surface area contributed by atoms with Crippen LogP contribution in [0, 0.1) is 0 Å². The van der Waals surface area contributed by atoms with Crippen molar-refractivity contribution in [2.24, 2.45) is 0 Å². The lowest BCUT2D eigenvalue weighted by Gasteiger charge is -2.20. The molecule has 2 aliphatic rings. The maximum absolute atomic E-state index is 13.0. The SMILES string of the molecule is CC(=O)c1cc2c(cc1NC(=O)COC(=O)c1cc3ccccc3nc1N1CCCC1)OCO2. The normalized spacial score (nSPS) is 14.3. The number of para-hydroxylation sites is 1. The highest BCUT2D eigenvalue weighted by atomic mass is 16.7. The summed E-state index contributed by atoms with van der Waals surface area (Å²) in [6.45, 7) is 2.53. The number of nitrogens with zero attached hydrogens (tertiary/aromatic N) is 2. The smallest absolute Gasteiger partial charge is 0.342 e. The van der Waals surface area contributed by atoms with Crippen molar-refractivity contribution >= 4 is 40.1 Å². The van der Waals surface area contributed by atoms with E-state index in [1.165, 1.54) is 19.1 Å².